The summed E-state index contributed by atoms with van der Waals surface area (Å²) in [5.74, 6) is 2.32. The van der Waals surface area contributed by atoms with E-state index in [1.165, 1.54) is 0 Å². The van der Waals surface area contributed by atoms with Crippen molar-refractivity contribution < 1.29 is 13.9 Å². The first-order chi connectivity index (χ1) is 11.5. The van der Waals surface area contributed by atoms with Crippen LogP contribution in [0.5, 0.6) is 11.5 Å². The van der Waals surface area contributed by atoms with Crippen LogP contribution in [0.1, 0.15) is 36.3 Å². The van der Waals surface area contributed by atoms with Crippen molar-refractivity contribution in [1.82, 2.24) is 0 Å². The van der Waals surface area contributed by atoms with Crippen LogP contribution < -0.4 is 9.47 Å². The summed E-state index contributed by atoms with van der Waals surface area (Å²) in [6.45, 7) is 8.57. The Labute approximate surface area is 150 Å². The van der Waals surface area contributed by atoms with Crippen LogP contribution in [0.25, 0.3) is 0 Å². The highest BCUT2D eigenvalue weighted by Gasteiger charge is 2.14. The molecule has 0 aliphatic heterocycles. The minimum Gasteiger partial charge on any atom is -0.490 e. The third-order valence-electron chi connectivity index (χ3n) is 3.43. The molecular formula is C18H19BrN2O3. The number of ether oxygens (including phenoxy) is 2. The molecule has 1 aromatic carbocycles. The van der Waals surface area contributed by atoms with Crippen LogP contribution >= 0.6 is 15.9 Å². The van der Waals surface area contributed by atoms with Gasteiger partial charge in [0.15, 0.2) is 11.5 Å². The maximum Gasteiger partial charge on any atom is 0.237 e. The van der Waals surface area contributed by atoms with E-state index < -0.39 is 0 Å². The van der Waals surface area contributed by atoms with Crippen LogP contribution in [0.4, 0.5) is 5.88 Å². The van der Waals surface area contributed by atoms with Crippen molar-refractivity contribution in [3.8, 4) is 17.6 Å². The van der Waals surface area contributed by atoms with Crippen molar-refractivity contribution >= 4 is 28.0 Å². The van der Waals surface area contributed by atoms with Crippen LogP contribution in [0.2, 0.25) is 0 Å². The number of aliphatic imine (C=N–C) groups is 1. The van der Waals surface area contributed by atoms with Crippen molar-refractivity contribution in [3.05, 3.63) is 39.1 Å². The van der Waals surface area contributed by atoms with Gasteiger partial charge in [0.1, 0.15) is 17.4 Å². The molecule has 0 unspecified atom stereocenters. The van der Waals surface area contributed by atoms with Gasteiger partial charge in [-0.3, -0.25) is 0 Å². The lowest BCUT2D eigenvalue weighted by molar-refractivity contribution is 0.286. The standard InChI is InChI=1S/C18H19BrN2O3/c1-5-22-16-8-13(7-15(19)17(16)23-6-2)10-21-18-14(9-20)11(3)12(4)24-18/h7-8,10H,5-6H2,1-4H3. The highest BCUT2D eigenvalue weighted by Crippen LogP contribution is 2.37. The fourth-order valence-electron chi connectivity index (χ4n) is 2.17. The predicted molar refractivity (Wildman–Crippen MR) is 96.6 cm³/mol. The van der Waals surface area contributed by atoms with Gasteiger partial charge in [-0.25, -0.2) is 4.99 Å². The van der Waals surface area contributed by atoms with Gasteiger partial charge in [0, 0.05) is 11.8 Å². The van der Waals surface area contributed by atoms with E-state index in [2.05, 4.69) is 27.0 Å². The second kappa shape index (κ2) is 8.02. The Morgan fingerprint density at radius 2 is 1.96 bits per heavy atom. The maximum atomic E-state index is 9.24. The number of benzene rings is 1. The summed E-state index contributed by atoms with van der Waals surface area (Å²) in [5.41, 5.74) is 2.08. The molecule has 24 heavy (non-hydrogen) atoms. The van der Waals surface area contributed by atoms with E-state index in [0.717, 1.165) is 15.6 Å². The molecule has 0 saturated carbocycles. The second-order valence-corrected chi connectivity index (χ2v) is 5.88. The number of furan rings is 1. The zero-order chi connectivity index (χ0) is 17.7. The summed E-state index contributed by atoms with van der Waals surface area (Å²) >= 11 is 3.50. The summed E-state index contributed by atoms with van der Waals surface area (Å²) in [6.07, 6.45) is 1.64. The molecule has 0 atom stereocenters. The lowest BCUT2D eigenvalue weighted by atomic mass is 10.2. The first-order valence-corrected chi connectivity index (χ1v) is 8.44. The van der Waals surface area contributed by atoms with E-state index in [1.54, 1.807) is 6.21 Å². The molecule has 1 aromatic heterocycles. The Balaban J connectivity index is 2.40. The Bertz CT molecular complexity index is 804. The number of aryl methyl sites for hydroxylation is 1. The minimum atomic E-state index is 0.315. The Morgan fingerprint density at radius 3 is 2.58 bits per heavy atom. The van der Waals surface area contributed by atoms with Crippen molar-refractivity contribution in [2.45, 2.75) is 27.7 Å². The van der Waals surface area contributed by atoms with Gasteiger partial charge in [0.25, 0.3) is 0 Å². The molecule has 6 heteroatoms. The topological polar surface area (TPSA) is 67.8 Å². The molecule has 0 saturated heterocycles. The molecule has 2 rings (SSSR count). The molecule has 0 N–H and O–H groups in total. The predicted octanol–water partition coefficient (Wildman–Crippen LogP) is 5.08. The summed E-state index contributed by atoms with van der Waals surface area (Å²) in [6, 6.07) is 5.85. The molecule has 0 radical (unpaired) electrons. The number of hydrogen-bond donors (Lipinski definition) is 0. The molecule has 1 heterocycles. The van der Waals surface area contributed by atoms with Gasteiger partial charge in [-0.05, 0) is 61.3 Å². The van der Waals surface area contributed by atoms with E-state index in [-0.39, 0.29) is 0 Å². The molecule has 5 nitrogen and oxygen atoms in total. The summed E-state index contributed by atoms with van der Waals surface area (Å²) < 4.78 is 17.6. The van der Waals surface area contributed by atoms with Gasteiger partial charge < -0.3 is 13.9 Å². The number of hydrogen-bond acceptors (Lipinski definition) is 5. The Hall–Kier alpha value is -2.26. The summed E-state index contributed by atoms with van der Waals surface area (Å²) in [5, 5.41) is 9.24. The van der Waals surface area contributed by atoms with E-state index in [0.29, 0.717) is 41.9 Å². The number of nitriles is 1. The molecule has 0 fully saturated rings. The fraction of sp³-hybridized carbons (Fsp3) is 0.333. The molecule has 0 aliphatic carbocycles. The zero-order valence-electron chi connectivity index (χ0n) is 14.1. The van der Waals surface area contributed by atoms with Gasteiger partial charge in [-0.15, -0.1) is 0 Å². The molecule has 2 aromatic rings. The van der Waals surface area contributed by atoms with E-state index in [9.17, 15) is 5.26 Å². The molecular weight excluding hydrogens is 372 g/mol. The van der Waals surface area contributed by atoms with Gasteiger partial charge in [-0.1, -0.05) is 0 Å². The fourth-order valence-corrected chi connectivity index (χ4v) is 2.75. The highest BCUT2D eigenvalue weighted by molar-refractivity contribution is 9.10. The molecule has 126 valence electrons. The number of rotatable bonds is 6. The van der Waals surface area contributed by atoms with Crippen LogP contribution in [-0.4, -0.2) is 19.4 Å². The SMILES string of the molecule is CCOc1cc(C=Nc2oc(C)c(C)c2C#N)cc(Br)c1OCC. The van der Waals surface area contributed by atoms with E-state index in [1.807, 2.05) is 39.8 Å². The van der Waals surface area contributed by atoms with Crippen molar-refractivity contribution in [2.75, 3.05) is 13.2 Å². The Morgan fingerprint density at radius 1 is 1.25 bits per heavy atom. The number of nitrogens with zero attached hydrogens (tertiary/aromatic N) is 2. The van der Waals surface area contributed by atoms with Gasteiger partial charge in [-0.2, -0.15) is 5.26 Å². The minimum absolute atomic E-state index is 0.315. The number of halogens is 1. The van der Waals surface area contributed by atoms with Crippen LogP contribution in [0.3, 0.4) is 0 Å². The average Bonchev–Trinajstić information content (AvgIpc) is 2.83. The van der Waals surface area contributed by atoms with E-state index in [4.69, 9.17) is 13.9 Å². The third-order valence-corrected chi connectivity index (χ3v) is 4.02. The van der Waals surface area contributed by atoms with Crippen molar-refractivity contribution in [3.63, 3.8) is 0 Å². The second-order valence-electron chi connectivity index (χ2n) is 5.03. The smallest absolute Gasteiger partial charge is 0.237 e. The highest BCUT2D eigenvalue weighted by atomic mass is 79.9. The van der Waals surface area contributed by atoms with E-state index >= 15 is 0 Å². The first-order valence-electron chi connectivity index (χ1n) is 7.65. The maximum absolute atomic E-state index is 9.24. The molecule has 0 spiro atoms. The van der Waals surface area contributed by atoms with Crippen molar-refractivity contribution in [2.24, 2.45) is 4.99 Å². The third kappa shape index (κ3) is 3.80. The van der Waals surface area contributed by atoms with Gasteiger partial charge in [0.2, 0.25) is 5.88 Å². The molecule has 0 bridgehead atoms. The van der Waals surface area contributed by atoms with Crippen LogP contribution in [-0.2, 0) is 0 Å². The first kappa shape index (κ1) is 18.1. The largest absolute Gasteiger partial charge is 0.490 e. The van der Waals surface area contributed by atoms with Gasteiger partial charge >= 0.3 is 0 Å². The quantitative estimate of drug-likeness (QED) is 0.644. The lowest BCUT2D eigenvalue weighted by Crippen LogP contribution is -2.00. The molecule has 0 aliphatic rings. The van der Waals surface area contributed by atoms with Crippen molar-refractivity contribution in [1.29, 1.82) is 5.26 Å². The van der Waals surface area contributed by atoms with Crippen LogP contribution in [0.15, 0.2) is 26.0 Å². The summed E-state index contributed by atoms with van der Waals surface area (Å²) in [7, 11) is 0. The molecule has 0 amide bonds. The zero-order valence-corrected chi connectivity index (χ0v) is 15.7. The lowest BCUT2D eigenvalue weighted by Gasteiger charge is -2.13. The summed E-state index contributed by atoms with van der Waals surface area (Å²) in [4.78, 5) is 4.32. The average molecular weight is 391 g/mol. The van der Waals surface area contributed by atoms with Gasteiger partial charge in [0.05, 0.1) is 17.7 Å². The Kier molecular flexibility index (Phi) is 6.04. The van der Waals surface area contributed by atoms with Crippen LogP contribution in [0, 0.1) is 25.2 Å². The normalized spacial score (nSPS) is 10.8. The monoisotopic (exact) mass is 390 g/mol.